The van der Waals surface area contributed by atoms with Crippen LogP contribution in [0.25, 0.3) is 0 Å². The summed E-state index contributed by atoms with van der Waals surface area (Å²) in [5.41, 5.74) is 4.02. The first kappa shape index (κ1) is 25.9. The van der Waals surface area contributed by atoms with Gasteiger partial charge in [-0.3, -0.25) is 10.1 Å². The van der Waals surface area contributed by atoms with Crippen molar-refractivity contribution in [3.8, 4) is 17.7 Å². The maximum Gasteiger partial charge on any atom is 0.373 e. The summed E-state index contributed by atoms with van der Waals surface area (Å²) in [5.74, 6) is -0.441. The molecule has 0 aliphatic rings. The summed E-state index contributed by atoms with van der Waals surface area (Å²) in [6, 6.07) is 18.1. The second-order valence-electron chi connectivity index (χ2n) is 8.49. The largest absolute Gasteiger partial charge is 0.434 e. The number of hydrogen-bond acceptors (Lipinski definition) is 7. The van der Waals surface area contributed by atoms with E-state index in [0.29, 0.717) is 32.6 Å². The maximum absolute atomic E-state index is 12.0. The van der Waals surface area contributed by atoms with Crippen LogP contribution >= 0.6 is 23.2 Å². The Bertz CT molecular complexity index is 1510. The van der Waals surface area contributed by atoms with Crippen molar-refractivity contribution in [1.29, 1.82) is 5.26 Å². The fraction of sp³-hybridized carbons (Fsp3) is 0.148. The molecular weight excluding hydrogens is 513 g/mol. The van der Waals surface area contributed by atoms with Crippen molar-refractivity contribution in [3.63, 3.8) is 0 Å². The first-order chi connectivity index (χ1) is 17.7. The minimum atomic E-state index is -0.622. The number of rotatable bonds is 7. The molecule has 37 heavy (non-hydrogen) atoms. The van der Waals surface area contributed by atoms with Gasteiger partial charge in [0.2, 0.25) is 5.82 Å². The van der Waals surface area contributed by atoms with Crippen LogP contribution in [0.2, 0.25) is 10.0 Å². The Hall–Kier alpha value is -4.19. The molecule has 1 aromatic heterocycles. The zero-order valence-electron chi connectivity index (χ0n) is 20.1. The minimum absolute atomic E-state index is 0.0548. The van der Waals surface area contributed by atoms with Crippen LogP contribution in [0.3, 0.4) is 0 Å². The molecule has 0 radical (unpaired) electrons. The highest BCUT2D eigenvalue weighted by molar-refractivity contribution is 6.32. The molecule has 0 fully saturated rings. The van der Waals surface area contributed by atoms with Crippen LogP contribution in [-0.2, 0) is 0 Å². The summed E-state index contributed by atoms with van der Waals surface area (Å²) in [7, 11) is 0. The van der Waals surface area contributed by atoms with Gasteiger partial charge in [-0.1, -0.05) is 47.5 Å². The number of benzene rings is 3. The van der Waals surface area contributed by atoms with E-state index >= 15 is 0 Å². The molecule has 8 nitrogen and oxygen atoms in total. The molecule has 4 rings (SSSR count). The first-order valence-electron chi connectivity index (χ1n) is 11.1. The van der Waals surface area contributed by atoms with Crippen molar-refractivity contribution < 1.29 is 9.66 Å². The smallest absolute Gasteiger partial charge is 0.373 e. The van der Waals surface area contributed by atoms with Crippen LogP contribution in [0.1, 0.15) is 33.7 Å². The van der Waals surface area contributed by atoms with Gasteiger partial charge in [-0.15, -0.1) is 0 Å². The molecule has 1 N–H and O–H groups in total. The predicted molar refractivity (Wildman–Crippen MR) is 143 cm³/mol. The number of halogens is 2. The molecule has 1 atom stereocenters. The van der Waals surface area contributed by atoms with Crippen molar-refractivity contribution in [2.24, 2.45) is 0 Å². The molecular formula is C27H21Cl2N5O3. The van der Waals surface area contributed by atoms with Gasteiger partial charge in [-0.05, 0) is 78.9 Å². The number of aromatic nitrogens is 2. The number of nitrogens with zero attached hydrogens (tertiary/aromatic N) is 4. The zero-order valence-corrected chi connectivity index (χ0v) is 21.6. The van der Waals surface area contributed by atoms with Crippen molar-refractivity contribution in [2.75, 3.05) is 5.32 Å². The molecule has 3 aromatic carbocycles. The Morgan fingerprint density at radius 3 is 2.32 bits per heavy atom. The van der Waals surface area contributed by atoms with Crippen LogP contribution < -0.4 is 10.1 Å². The number of nitro groups is 1. The Kier molecular flexibility index (Phi) is 7.58. The fourth-order valence-electron chi connectivity index (χ4n) is 3.96. The molecule has 0 saturated carbocycles. The Balaban J connectivity index is 1.69. The topological polar surface area (TPSA) is 114 Å². The molecule has 1 unspecified atom stereocenters. The van der Waals surface area contributed by atoms with E-state index in [2.05, 4.69) is 21.4 Å². The average Bonchev–Trinajstić information content (AvgIpc) is 2.83. The van der Waals surface area contributed by atoms with Crippen LogP contribution in [0, 0.1) is 42.2 Å². The third-order valence-electron chi connectivity index (χ3n) is 5.62. The molecule has 0 aliphatic heterocycles. The van der Waals surface area contributed by atoms with Crippen LogP contribution in [0.15, 0.2) is 60.9 Å². The summed E-state index contributed by atoms with van der Waals surface area (Å²) in [6.07, 6.45) is 1.19. The highest BCUT2D eigenvalue weighted by Gasteiger charge is 2.26. The number of nitriles is 1. The van der Waals surface area contributed by atoms with Gasteiger partial charge >= 0.3 is 11.6 Å². The van der Waals surface area contributed by atoms with Crippen molar-refractivity contribution >= 4 is 40.4 Å². The number of nitrogens with one attached hydrogen (secondary N) is 1. The van der Waals surface area contributed by atoms with Crippen molar-refractivity contribution in [2.45, 2.75) is 26.7 Å². The molecule has 10 heteroatoms. The molecule has 0 bridgehead atoms. The number of hydrogen-bond donors (Lipinski definition) is 1. The van der Waals surface area contributed by atoms with Gasteiger partial charge < -0.3 is 10.1 Å². The standard InChI is InChI=1S/C27H21Cl2N5O3/c1-15-8-16(2)10-20(9-15)37-27-25(34(35)36)26(31-14-32-27)33-24-12-23(29)21(11-17(24)3)22(13-30)18-4-6-19(28)7-5-18/h4-12,14,22H,1-3H3,(H,31,32,33). The van der Waals surface area contributed by atoms with Crippen LogP contribution in [-0.4, -0.2) is 14.9 Å². The second kappa shape index (κ2) is 10.8. The first-order valence-corrected chi connectivity index (χ1v) is 11.9. The molecule has 1 heterocycles. The number of aryl methyl sites for hydroxylation is 3. The lowest BCUT2D eigenvalue weighted by Crippen LogP contribution is -2.06. The normalized spacial score (nSPS) is 11.5. The quantitative estimate of drug-likeness (QED) is 0.190. The second-order valence-corrected chi connectivity index (χ2v) is 9.33. The third kappa shape index (κ3) is 5.80. The van der Waals surface area contributed by atoms with Crippen LogP contribution in [0.5, 0.6) is 11.6 Å². The Morgan fingerprint density at radius 2 is 1.70 bits per heavy atom. The van der Waals surface area contributed by atoms with Gasteiger partial charge in [0.1, 0.15) is 12.1 Å². The van der Waals surface area contributed by atoms with Gasteiger partial charge in [-0.25, -0.2) is 4.98 Å². The van der Waals surface area contributed by atoms with E-state index in [1.165, 1.54) is 6.33 Å². The van der Waals surface area contributed by atoms with Gasteiger partial charge in [0, 0.05) is 15.7 Å². The van der Waals surface area contributed by atoms with E-state index in [0.717, 1.165) is 16.7 Å². The van der Waals surface area contributed by atoms with E-state index in [-0.39, 0.29) is 11.7 Å². The van der Waals surface area contributed by atoms with E-state index in [4.69, 9.17) is 27.9 Å². The molecule has 4 aromatic rings. The van der Waals surface area contributed by atoms with E-state index in [9.17, 15) is 15.4 Å². The lowest BCUT2D eigenvalue weighted by atomic mass is 9.91. The maximum atomic E-state index is 12.0. The summed E-state index contributed by atoms with van der Waals surface area (Å²) in [4.78, 5) is 19.5. The molecule has 0 amide bonds. The van der Waals surface area contributed by atoms with Gasteiger partial charge in [0.15, 0.2) is 0 Å². The lowest BCUT2D eigenvalue weighted by Gasteiger charge is -2.16. The van der Waals surface area contributed by atoms with Gasteiger partial charge in [-0.2, -0.15) is 10.2 Å². The minimum Gasteiger partial charge on any atom is -0.434 e. The molecule has 186 valence electrons. The number of ether oxygens (including phenoxy) is 1. The van der Waals surface area contributed by atoms with E-state index in [1.807, 2.05) is 19.9 Å². The van der Waals surface area contributed by atoms with E-state index < -0.39 is 16.5 Å². The Morgan fingerprint density at radius 1 is 1.03 bits per heavy atom. The fourth-order valence-corrected chi connectivity index (χ4v) is 4.36. The van der Waals surface area contributed by atoms with Gasteiger partial charge in [0.25, 0.3) is 0 Å². The monoisotopic (exact) mass is 533 g/mol. The highest BCUT2D eigenvalue weighted by atomic mass is 35.5. The summed E-state index contributed by atoms with van der Waals surface area (Å²) < 4.78 is 5.78. The van der Waals surface area contributed by atoms with Crippen molar-refractivity contribution in [1.82, 2.24) is 9.97 Å². The van der Waals surface area contributed by atoms with Crippen molar-refractivity contribution in [3.05, 3.63) is 109 Å². The summed E-state index contributed by atoms with van der Waals surface area (Å²) in [5, 5.41) is 25.7. The highest BCUT2D eigenvalue weighted by Crippen LogP contribution is 2.39. The average molecular weight is 534 g/mol. The zero-order chi connectivity index (χ0) is 26.7. The summed E-state index contributed by atoms with van der Waals surface area (Å²) >= 11 is 12.6. The SMILES string of the molecule is Cc1cc(C)cc(Oc2ncnc(Nc3cc(Cl)c(C(C#N)c4ccc(Cl)cc4)cc3C)c2[N+](=O)[O-])c1. The molecule has 0 aliphatic carbocycles. The van der Waals surface area contributed by atoms with Crippen LogP contribution in [0.4, 0.5) is 17.2 Å². The number of anilines is 2. The molecule has 0 spiro atoms. The molecule has 0 saturated heterocycles. The van der Waals surface area contributed by atoms with E-state index in [1.54, 1.807) is 55.5 Å². The summed E-state index contributed by atoms with van der Waals surface area (Å²) in [6.45, 7) is 5.61. The Labute approximate surface area is 223 Å². The van der Waals surface area contributed by atoms with Gasteiger partial charge in [0.05, 0.1) is 16.9 Å². The third-order valence-corrected chi connectivity index (χ3v) is 6.20. The predicted octanol–water partition coefficient (Wildman–Crippen LogP) is 7.81. The lowest BCUT2D eigenvalue weighted by molar-refractivity contribution is -0.385.